The van der Waals surface area contributed by atoms with Crippen molar-refractivity contribution in [1.29, 1.82) is 0 Å². The van der Waals surface area contributed by atoms with Crippen molar-refractivity contribution in [2.75, 3.05) is 25.4 Å². The molecule has 2 saturated heterocycles. The predicted octanol–water partition coefficient (Wildman–Crippen LogP) is 2.43. The summed E-state index contributed by atoms with van der Waals surface area (Å²) in [4.78, 5) is 14.6. The second-order valence-electron chi connectivity index (χ2n) is 7.58. The normalized spacial score (nSPS) is 20.6. The van der Waals surface area contributed by atoms with Crippen LogP contribution in [-0.2, 0) is 22.5 Å². The maximum atomic E-state index is 12.6. The molecule has 1 amide bonds. The maximum Gasteiger partial charge on any atom is 0.233 e. The zero-order valence-electron chi connectivity index (χ0n) is 16.1. The zero-order valence-corrected chi connectivity index (χ0v) is 16.9. The smallest absolute Gasteiger partial charge is 0.233 e. The van der Waals surface area contributed by atoms with Crippen molar-refractivity contribution in [2.24, 2.45) is 5.92 Å². The van der Waals surface area contributed by atoms with Gasteiger partial charge in [-0.05, 0) is 54.0 Å². The Morgan fingerprint density at radius 1 is 1.18 bits per heavy atom. The molecule has 1 aromatic heterocycles. The summed E-state index contributed by atoms with van der Waals surface area (Å²) in [6.45, 7) is 3.16. The van der Waals surface area contributed by atoms with Crippen LogP contribution in [0, 0.1) is 5.92 Å². The van der Waals surface area contributed by atoms with Crippen molar-refractivity contribution < 1.29 is 9.53 Å². The first-order chi connectivity index (χ1) is 13.8. The van der Waals surface area contributed by atoms with Crippen molar-refractivity contribution in [3.8, 4) is 0 Å². The van der Waals surface area contributed by atoms with Gasteiger partial charge < -0.3 is 9.64 Å². The molecule has 8 heteroatoms. The number of likely N-dealkylation sites (tertiary alicyclic amines) is 1. The summed E-state index contributed by atoms with van der Waals surface area (Å²) in [6.07, 6.45) is 5.57. The Bertz CT molecular complexity index is 755. The molecular weight excluding hydrogens is 374 g/mol. The largest absolute Gasteiger partial charge is 0.376 e. The van der Waals surface area contributed by atoms with Crippen molar-refractivity contribution >= 4 is 17.7 Å². The Morgan fingerprint density at radius 2 is 2.00 bits per heavy atom. The maximum absolute atomic E-state index is 12.6. The van der Waals surface area contributed by atoms with E-state index in [0.29, 0.717) is 23.4 Å². The topological polar surface area (TPSA) is 73.1 Å². The van der Waals surface area contributed by atoms with E-state index in [1.54, 1.807) is 4.68 Å². The highest BCUT2D eigenvalue weighted by Crippen LogP contribution is 2.23. The molecule has 0 bridgehead atoms. The Hall–Kier alpha value is -1.93. The third-order valence-corrected chi connectivity index (χ3v) is 6.50. The van der Waals surface area contributed by atoms with E-state index in [0.717, 1.165) is 51.8 Å². The summed E-state index contributed by atoms with van der Waals surface area (Å²) < 4.78 is 7.42. The number of carbonyl (C=O) groups excluding carboxylic acids is 1. The number of ether oxygens (including phenoxy) is 1. The summed E-state index contributed by atoms with van der Waals surface area (Å²) in [5, 5.41) is 12.6. The first-order valence-corrected chi connectivity index (χ1v) is 11.1. The second-order valence-corrected chi connectivity index (χ2v) is 8.52. The van der Waals surface area contributed by atoms with E-state index in [1.165, 1.54) is 17.3 Å². The number of hydrogen-bond acceptors (Lipinski definition) is 6. The van der Waals surface area contributed by atoms with Gasteiger partial charge in [0.05, 0.1) is 18.4 Å². The monoisotopic (exact) mass is 401 g/mol. The average Bonchev–Trinajstić information content (AvgIpc) is 3.40. The number of thioether (sulfide) groups is 1. The lowest BCUT2D eigenvalue weighted by Crippen LogP contribution is -2.39. The lowest BCUT2D eigenvalue weighted by Gasteiger charge is -2.32. The SMILES string of the molecule is O=C(CSc1nnnn1C[C@H]1CCCO1)N1CCC(Cc2ccccc2)CC1. The van der Waals surface area contributed by atoms with Gasteiger partial charge in [-0.2, -0.15) is 0 Å². The minimum Gasteiger partial charge on any atom is -0.376 e. The van der Waals surface area contributed by atoms with Crippen LogP contribution in [0.5, 0.6) is 0 Å². The van der Waals surface area contributed by atoms with Crippen LogP contribution in [0.3, 0.4) is 0 Å². The molecule has 150 valence electrons. The van der Waals surface area contributed by atoms with Crippen molar-refractivity contribution in [3.05, 3.63) is 35.9 Å². The van der Waals surface area contributed by atoms with E-state index in [-0.39, 0.29) is 12.0 Å². The van der Waals surface area contributed by atoms with Crippen LogP contribution in [0.4, 0.5) is 0 Å². The van der Waals surface area contributed by atoms with E-state index in [4.69, 9.17) is 4.74 Å². The highest BCUT2D eigenvalue weighted by Gasteiger charge is 2.24. The predicted molar refractivity (Wildman–Crippen MR) is 107 cm³/mol. The fourth-order valence-electron chi connectivity index (χ4n) is 3.95. The molecule has 0 aliphatic carbocycles. The number of tetrazole rings is 1. The van der Waals surface area contributed by atoms with Gasteiger partial charge in [0.2, 0.25) is 11.1 Å². The molecule has 2 aliphatic heterocycles. The molecule has 2 fully saturated rings. The Morgan fingerprint density at radius 3 is 2.75 bits per heavy atom. The van der Waals surface area contributed by atoms with Crippen LogP contribution in [0.25, 0.3) is 0 Å². The minimum absolute atomic E-state index is 0.176. The van der Waals surface area contributed by atoms with E-state index >= 15 is 0 Å². The summed E-state index contributed by atoms with van der Waals surface area (Å²) in [5.41, 5.74) is 1.39. The third kappa shape index (κ3) is 5.11. The lowest BCUT2D eigenvalue weighted by molar-refractivity contribution is -0.129. The number of piperidine rings is 1. The van der Waals surface area contributed by atoms with Gasteiger partial charge in [0.25, 0.3) is 0 Å². The highest BCUT2D eigenvalue weighted by atomic mass is 32.2. The molecule has 0 spiro atoms. The summed E-state index contributed by atoms with van der Waals surface area (Å²) in [6, 6.07) is 10.6. The molecule has 4 rings (SSSR count). The fourth-order valence-corrected chi connectivity index (χ4v) is 4.74. The number of hydrogen-bond donors (Lipinski definition) is 0. The lowest BCUT2D eigenvalue weighted by atomic mass is 9.90. The molecule has 7 nitrogen and oxygen atoms in total. The van der Waals surface area contributed by atoms with Crippen LogP contribution in [0.15, 0.2) is 35.5 Å². The van der Waals surface area contributed by atoms with Gasteiger partial charge in [-0.3, -0.25) is 4.79 Å². The molecule has 2 aliphatic rings. The molecular formula is C20H27N5O2S. The second kappa shape index (κ2) is 9.52. The van der Waals surface area contributed by atoms with Gasteiger partial charge in [-0.15, -0.1) is 5.10 Å². The summed E-state index contributed by atoms with van der Waals surface area (Å²) in [5.74, 6) is 1.22. The number of amides is 1. The zero-order chi connectivity index (χ0) is 19.2. The highest BCUT2D eigenvalue weighted by molar-refractivity contribution is 7.99. The van der Waals surface area contributed by atoms with E-state index < -0.39 is 0 Å². The summed E-state index contributed by atoms with van der Waals surface area (Å²) >= 11 is 1.42. The third-order valence-electron chi connectivity index (χ3n) is 5.56. The van der Waals surface area contributed by atoms with Crippen LogP contribution in [-0.4, -0.2) is 62.6 Å². The quantitative estimate of drug-likeness (QED) is 0.664. The molecule has 0 unspecified atom stereocenters. The van der Waals surface area contributed by atoms with Crippen LogP contribution < -0.4 is 0 Å². The molecule has 1 atom stereocenters. The van der Waals surface area contributed by atoms with E-state index in [9.17, 15) is 4.79 Å². The van der Waals surface area contributed by atoms with Gasteiger partial charge in [0.1, 0.15) is 0 Å². The van der Waals surface area contributed by atoms with Crippen molar-refractivity contribution in [3.63, 3.8) is 0 Å². The number of aromatic nitrogens is 4. The number of carbonyl (C=O) groups is 1. The molecule has 28 heavy (non-hydrogen) atoms. The van der Waals surface area contributed by atoms with E-state index in [2.05, 4.69) is 45.9 Å². The molecule has 3 heterocycles. The van der Waals surface area contributed by atoms with Gasteiger partial charge in [0.15, 0.2) is 0 Å². The van der Waals surface area contributed by atoms with Gasteiger partial charge in [-0.1, -0.05) is 42.1 Å². The molecule has 2 aromatic rings. The molecule has 1 aromatic carbocycles. The first kappa shape index (κ1) is 19.4. The number of nitrogens with zero attached hydrogens (tertiary/aromatic N) is 5. The van der Waals surface area contributed by atoms with Crippen LogP contribution >= 0.6 is 11.8 Å². The fraction of sp³-hybridized carbons (Fsp3) is 0.600. The molecule has 0 saturated carbocycles. The van der Waals surface area contributed by atoms with Crippen molar-refractivity contribution in [1.82, 2.24) is 25.1 Å². The Balaban J connectivity index is 1.21. The first-order valence-electron chi connectivity index (χ1n) is 10.1. The van der Waals surface area contributed by atoms with E-state index in [1.807, 2.05) is 4.90 Å². The average molecular weight is 402 g/mol. The summed E-state index contributed by atoms with van der Waals surface area (Å²) in [7, 11) is 0. The molecule has 0 N–H and O–H groups in total. The van der Waals surface area contributed by atoms with Gasteiger partial charge >= 0.3 is 0 Å². The van der Waals surface area contributed by atoms with Gasteiger partial charge in [-0.25, -0.2) is 4.68 Å². The van der Waals surface area contributed by atoms with Gasteiger partial charge in [0, 0.05) is 19.7 Å². The minimum atomic E-state index is 0.176. The Kier molecular flexibility index (Phi) is 6.59. The molecule has 0 radical (unpaired) electrons. The number of rotatable bonds is 7. The van der Waals surface area contributed by atoms with Crippen molar-refractivity contribution in [2.45, 2.75) is 49.9 Å². The standard InChI is InChI=1S/C20H27N5O2S/c26-19(15-28-20-21-22-23-25(20)14-18-7-4-12-27-18)24-10-8-17(9-11-24)13-16-5-2-1-3-6-16/h1-3,5-6,17-18H,4,7-15H2/t18-/m1/s1. The number of benzene rings is 1. The van der Waals surface area contributed by atoms with Crippen LogP contribution in [0.2, 0.25) is 0 Å². The van der Waals surface area contributed by atoms with Crippen LogP contribution in [0.1, 0.15) is 31.2 Å². The Labute approximate surface area is 169 Å².